The number of aldehydes is 1. The van der Waals surface area contributed by atoms with Crippen LogP contribution in [0.5, 0.6) is 5.75 Å². The van der Waals surface area contributed by atoms with Gasteiger partial charge in [0.25, 0.3) is 0 Å². The Balaban J connectivity index is 2.61. The van der Waals surface area contributed by atoms with Crippen molar-refractivity contribution < 1.29 is 9.53 Å². The highest BCUT2D eigenvalue weighted by atomic mass is 16.5. The number of methoxy groups -OCH3 is 1. The zero-order valence-corrected chi connectivity index (χ0v) is 9.18. The molecule has 0 N–H and O–H groups in total. The fourth-order valence-corrected chi connectivity index (χ4v) is 1.61. The van der Waals surface area contributed by atoms with Gasteiger partial charge >= 0.3 is 0 Å². The first-order chi connectivity index (χ1) is 7.76. The highest BCUT2D eigenvalue weighted by Gasteiger charge is 2.09. The van der Waals surface area contributed by atoms with E-state index in [1.54, 1.807) is 30.3 Å². The highest BCUT2D eigenvalue weighted by Crippen LogP contribution is 2.24. The van der Waals surface area contributed by atoms with Crippen LogP contribution in [0, 0.1) is 6.92 Å². The van der Waals surface area contributed by atoms with Gasteiger partial charge in [0.15, 0.2) is 6.29 Å². The van der Waals surface area contributed by atoms with Gasteiger partial charge in [-0.25, -0.2) is 4.68 Å². The van der Waals surface area contributed by atoms with Crippen molar-refractivity contribution in [1.82, 2.24) is 9.78 Å². The topological polar surface area (TPSA) is 44.1 Å². The molecular formula is C12H12N2O2. The van der Waals surface area contributed by atoms with E-state index in [2.05, 4.69) is 5.10 Å². The van der Waals surface area contributed by atoms with Gasteiger partial charge < -0.3 is 4.74 Å². The zero-order valence-electron chi connectivity index (χ0n) is 9.18. The van der Waals surface area contributed by atoms with Gasteiger partial charge in [-0.05, 0) is 30.7 Å². The number of rotatable bonds is 3. The summed E-state index contributed by atoms with van der Waals surface area (Å²) in [7, 11) is 1.59. The predicted molar refractivity (Wildman–Crippen MR) is 60.2 cm³/mol. The second kappa shape index (κ2) is 4.18. The van der Waals surface area contributed by atoms with Gasteiger partial charge in [-0.2, -0.15) is 5.10 Å². The number of carbonyl (C=O) groups excluding carboxylic acids is 1. The number of aromatic nitrogens is 2. The van der Waals surface area contributed by atoms with Crippen LogP contribution < -0.4 is 4.74 Å². The third-order valence-electron chi connectivity index (χ3n) is 2.42. The van der Waals surface area contributed by atoms with Crippen LogP contribution in [0.2, 0.25) is 0 Å². The lowest BCUT2D eigenvalue weighted by atomic mass is 10.1. The molecule has 0 atom stereocenters. The van der Waals surface area contributed by atoms with Crippen molar-refractivity contribution in [2.75, 3.05) is 7.11 Å². The normalized spacial score (nSPS) is 10.1. The summed E-state index contributed by atoms with van der Waals surface area (Å²) in [6, 6.07) is 5.42. The van der Waals surface area contributed by atoms with Crippen LogP contribution in [0.3, 0.4) is 0 Å². The Morgan fingerprint density at radius 2 is 2.25 bits per heavy atom. The maximum absolute atomic E-state index is 11.0. The van der Waals surface area contributed by atoms with E-state index in [9.17, 15) is 4.79 Å². The Kier molecular flexibility index (Phi) is 2.72. The molecule has 2 rings (SSSR count). The largest absolute Gasteiger partial charge is 0.496 e. The summed E-state index contributed by atoms with van der Waals surface area (Å²) in [5, 5.41) is 4.11. The van der Waals surface area contributed by atoms with Gasteiger partial charge in [-0.3, -0.25) is 4.79 Å². The van der Waals surface area contributed by atoms with Gasteiger partial charge in [0.1, 0.15) is 5.75 Å². The first kappa shape index (κ1) is 10.4. The molecule has 1 heterocycles. The van der Waals surface area contributed by atoms with Crippen LogP contribution in [-0.2, 0) is 0 Å². The van der Waals surface area contributed by atoms with Crippen molar-refractivity contribution in [2.45, 2.75) is 6.92 Å². The molecule has 0 aliphatic heterocycles. The van der Waals surface area contributed by atoms with Gasteiger partial charge in [0, 0.05) is 18.0 Å². The molecule has 0 saturated carbocycles. The Morgan fingerprint density at radius 3 is 2.81 bits per heavy atom. The lowest BCUT2D eigenvalue weighted by Gasteiger charge is -2.10. The minimum Gasteiger partial charge on any atom is -0.496 e. The second-order valence-corrected chi connectivity index (χ2v) is 3.45. The average molecular weight is 216 g/mol. The van der Waals surface area contributed by atoms with E-state index in [1.807, 2.05) is 19.1 Å². The first-order valence-electron chi connectivity index (χ1n) is 4.90. The molecule has 82 valence electrons. The highest BCUT2D eigenvalue weighted by molar-refractivity contribution is 5.82. The van der Waals surface area contributed by atoms with E-state index in [0.29, 0.717) is 11.3 Å². The number of hydrogen-bond acceptors (Lipinski definition) is 3. The second-order valence-electron chi connectivity index (χ2n) is 3.45. The number of aryl methyl sites for hydroxylation is 1. The van der Waals surface area contributed by atoms with E-state index in [0.717, 1.165) is 17.5 Å². The Bertz CT molecular complexity index is 504. The number of nitrogens with zero attached hydrogens (tertiary/aromatic N) is 2. The molecule has 16 heavy (non-hydrogen) atoms. The molecular weight excluding hydrogens is 204 g/mol. The molecule has 2 aromatic rings. The predicted octanol–water partition coefficient (Wildman–Crippen LogP) is 2.00. The molecule has 0 bridgehead atoms. The Hall–Kier alpha value is -2.10. The molecule has 0 amide bonds. The summed E-state index contributed by atoms with van der Waals surface area (Å²) in [6.07, 6.45) is 4.28. The quantitative estimate of drug-likeness (QED) is 0.737. The van der Waals surface area contributed by atoms with Crippen molar-refractivity contribution in [3.8, 4) is 11.4 Å². The van der Waals surface area contributed by atoms with E-state index in [-0.39, 0.29) is 0 Å². The molecule has 0 aliphatic rings. The molecule has 0 spiro atoms. The van der Waals surface area contributed by atoms with Gasteiger partial charge in [0.2, 0.25) is 0 Å². The minimum atomic E-state index is 0.561. The fraction of sp³-hybridized carbons (Fsp3) is 0.167. The zero-order chi connectivity index (χ0) is 11.5. The van der Waals surface area contributed by atoms with Crippen LogP contribution in [-0.4, -0.2) is 23.2 Å². The molecule has 0 saturated heterocycles. The molecule has 0 radical (unpaired) electrons. The monoisotopic (exact) mass is 216 g/mol. The summed E-state index contributed by atoms with van der Waals surface area (Å²) in [4.78, 5) is 11.0. The fourth-order valence-electron chi connectivity index (χ4n) is 1.61. The molecule has 0 fully saturated rings. The lowest BCUT2D eigenvalue weighted by Crippen LogP contribution is -2.01. The van der Waals surface area contributed by atoms with Crippen LogP contribution >= 0.6 is 0 Å². The SMILES string of the molecule is COc1cc(C=O)c(-n2cccn2)cc1C. The number of hydrogen-bond donors (Lipinski definition) is 0. The van der Waals surface area contributed by atoms with Crippen molar-refractivity contribution in [1.29, 1.82) is 0 Å². The van der Waals surface area contributed by atoms with E-state index in [1.165, 1.54) is 0 Å². The van der Waals surface area contributed by atoms with Gasteiger partial charge in [-0.1, -0.05) is 0 Å². The lowest BCUT2D eigenvalue weighted by molar-refractivity contribution is 0.112. The van der Waals surface area contributed by atoms with Crippen LogP contribution in [0.4, 0.5) is 0 Å². The van der Waals surface area contributed by atoms with Gasteiger partial charge in [0.05, 0.1) is 12.8 Å². The van der Waals surface area contributed by atoms with E-state index < -0.39 is 0 Å². The van der Waals surface area contributed by atoms with Crippen molar-refractivity contribution in [3.63, 3.8) is 0 Å². The number of ether oxygens (including phenoxy) is 1. The Morgan fingerprint density at radius 1 is 1.44 bits per heavy atom. The molecule has 4 heteroatoms. The maximum Gasteiger partial charge on any atom is 0.152 e. The number of benzene rings is 1. The summed E-state index contributed by atoms with van der Waals surface area (Å²) >= 11 is 0. The van der Waals surface area contributed by atoms with Gasteiger partial charge in [-0.15, -0.1) is 0 Å². The Labute approximate surface area is 93.5 Å². The summed E-state index contributed by atoms with van der Waals surface area (Å²) in [5.41, 5.74) is 2.29. The third kappa shape index (κ3) is 1.69. The third-order valence-corrected chi connectivity index (χ3v) is 2.42. The number of carbonyl (C=O) groups is 1. The van der Waals surface area contributed by atoms with Crippen molar-refractivity contribution in [3.05, 3.63) is 41.7 Å². The summed E-state index contributed by atoms with van der Waals surface area (Å²) < 4.78 is 6.83. The molecule has 0 unspecified atom stereocenters. The molecule has 1 aromatic heterocycles. The first-order valence-corrected chi connectivity index (χ1v) is 4.90. The van der Waals surface area contributed by atoms with E-state index >= 15 is 0 Å². The summed E-state index contributed by atoms with van der Waals surface area (Å²) in [6.45, 7) is 1.93. The minimum absolute atomic E-state index is 0.561. The maximum atomic E-state index is 11.0. The van der Waals surface area contributed by atoms with Crippen LogP contribution in [0.25, 0.3) is 5.69 Å². The van der Waals surface area contributed by atoms with Crippen LogP contribution in [0.1, 0.15) is 15.9 Å². The summed E-state index contributed by atoms with van der Waals surface area (Å²) in [5.74, 6) is 0.706. The molecule has 0 aliphatic carbocycles. The van der Waals surface area contributed by atoms with Crippen molar-refractivity contribution in [2.24, 2.45) is 0 Å². The van der Waals surface area contributed by atoms with Crippen molar-refractivity contribution >= 4 is 6.29 Å². The van der Waals surface area contributed by atoms with Crippen LogP contribution in [0.15, 0.2) is 30.6 Å². The average Bonchev–Trinajstić information content (AvgIpc) is 2.82. The molecule has 4 nitrogen and oxygen atoms in total. The molecule has 1 aromatic carbocycles. The van der Waals surface area contributed by atoms with E-state index in [4.69, 9.17) is 4.74 Å². The smallest absolute Gasteiger partial charge is 0.152 e. The standard InChI is InChI=1S/C12H12N2O2/c1-9-6-11(14-5-3-4-13-14)10(8-15)7-12(9)16-2/h3-8H,1-2H3.